The minimum absolute atomic E-state index is 0.735. The van der Waals surface area contributed by atoms with Crippen molar-refractivity contribution in [2.75, 3.05) is 20.6 Å². The highest BCUT2D eigenvalue weighted by atomic mass is 15.3. The topological polar surface area (TPSA) is 58.3 Å². The van der Waals surface area contributed by atoms with Crippen molar-refractivity contribution in [3.05, 3.63) is 48.0 Å². The molecule has 0 unspecified atom stereocenters. The largest absolute Gasteiger partial charge is 0.352 e. The molecule has 124 valence electrons. The Hall–Kier alpha value is -2.37. The number of aliphatic imine (C=N–C) groups is 1. The van der Waals surface area contributed by atoms with Gasteiger partial charge in [-0.15, -0.1) is 0 Å². The van der Waals surface area contributed by atoms with E-state index in [4.69, 9.17) is 0 Å². The van der Waals surface area contributed by atoms with Gasteiger partial charge in [-0.3, -0.25) is 4.99 Å². The van der Waals surface area contributed by atoms with E-state index >= 15 is 0 Å². The Balaban J connectivity index is 1.92. The number of hydrogen-bond acceptors (Lipinski definition) is 3. The molecule has 1 N–H and O–H groups in total. The molecule has 0 aliphatic heterocycles. The minimum atomic E-state index is 0.735. The number of nitrogens with one attached hydrogen (secondary N) is 1. The van der Waals surface area contributed by atoms with Crippen molar-refractivity contribution in [3.8, 4) is 0 Å². The van der Waals surface area contributed by atoms with Crippen LogP contribution in [0.1, 0.15) is 30.9 Å². The van der Waals surface area contributed by atoms with Crippen LogP contribution in [0.25, 0.3) is 0 Å². The van der Waals surface area contributed by atoms with Gasteiger partial charge in [0.05, 0.1) is 6.54 Å². The summed E-state index contributed by atoms with van der Waals surface area (Å²) in [6.07, 6.45) is 5.65. The van der Waals surface area contributed by atoms with Gasteiger partial charge in [0.2, 0.25) is 0 Å². The first kappa shape index (κ1) is 17.0. The number of benzene rings is 1. The summed E-state index contributed by atoms with van der Waals surface area (Å²) >= 11 is 0. The molecule has 1 heterocycles. The zero-order chi connectivity index (χ0) is 16.5. The van der Waals surface area contributed by atoms with Gasteiger partial charge in [-0.2, -0.15) is 5.10 Å². The van der Waals surface area contributed by atoms with E-state index in [2.05, 4.69) is 63.5 Å². The Morgan fingerprint density at radius 2 is 2.17 bits per heavy atom. The third kappa shape index (κ3) is 5.39. The van der Waals surface area contributed by atoms with E-state index < -0.39 is 0 Å². The third-order valence-electron chi connectivity index (χ3n) is 3.67. The lowest BCUT2D eigenvalue weighted by Crippen LogP contribution is -2.38. The highest BCUT2D eigenvalue weighted by Gasteiger charge is 2.05. The van der Waals surface area contributed by atoms with Crippen LogP contribution in [0, 0.1) is 0 Å². The lowest BCUT2D eigenvalue weighted by Gasteiger charge is -2.22. The standard InChI is InChI=1S/C17H26N6/c1-4-5-9-22(3)17(18-2)20-11-15-7-6-8-16(10-15)12-23-14-19-13-21-23/h6-8,10,13-14H,4-5,9,11-12H2,1-3H3,(H,18,20). The molecule has 2 aromatic rings. The van der Waals surface area contributed by atoms with Crippen LogP contribution < -0.4 is 5.32 Å². The molecule has 0 saturated heterocycles. The second-order valence-electron chi connectivity index (χ2n) is 5.59. The van der Waals surface area contributed by atoms with Crippen LogP contribution in [-0.4, -0.2) is 46.3 Å². The minimum Gasteiger partial charge on any atom is -0.352 e. The lowest BCUT2D eigenvalue weighted by atomic mass is 10.1. The molecule has 0 radical (unpaired) electrons. The molecule has 0 saturated carbocycles. The maximum absolute atomic E-state index is 4.35. The second kappa shape index (κ2) is 8.92. The summed E-state index contributed by atoms with van der Waals surface area (Å²) in [6.45, 7) is 4.71. The van der Waals surface area contributed by atoms with Gasteiger partial charge in [-0.1, -0.05) is 37.6 Å². The number of nitrogens with zero attached hydrogens (tertiary/aromatic N) is 5. The van der Waals surface area contributed by atoms with Gasteiger partial charge in [0.1, 0.15) is 12.7 Å². The molecule has 1 aromatic carbocycles. The summed E-state index contributed by atoms with van der Waals surface area (Å²) < 4.78 is 1.82. The molecule has 6 nitrogen and oxygen atoms in total. The molecular formula is C17H26N6. The maximum atomic E-state index is 4.35. The fraction of sp³-hybridized carbons (Fsp3) is 0.471. The summed E-state index contributed by atoms with van der Waals surface area (Å²) in [4.78, 5) is 10.5. The number of aromatic nitrogens is 3. The zero-order valence-electron chi connectivity index (χ0n) is 14.2. The Labute approximate surface area is 138 Å². The Morgan fingerprint density at radius 3 is 2.87 bits per heavy atom. The van der Waals surface area contributed by atoms with Crippen molar-refractivity contribution in [1.29, 1.82) is 0 Å². The second-order valence-corrected chi connectivity index (χ2v) is 5.59. The number of unbranched alkanes of at least 4 members (excludes halogenated alkanes) is 1. The van der Waals surface area contributed by atoms with Crippen LogP contribution in [0.3, 0.4) is 0 Å². The molecule has 0 aliphatic carbocycles. The number of rotatable bonds is 7. The molecule has 23 heavy (non-hydrogen) atoms. The Morgan fingerprint density at radius 1 is 1.35 bits per heavy atom. The van der Waals surface area contributed by atoms with Gasteiger partial charge in [-0.05, 0) is 17.5 Å². The molecule has 0 atom stereocenters. The first-order valence-electron chi connectivity index (χ1n) is 8.05. The number of hydrogen-bond donors (Lipinski definition) is 1. The van der Waals surface area contributed by atoms with Crippen LogP contribution in [0.15, 0.2) is 41.9 Å². The van der Waals surface area contributed by atoms with Crippen molar-refractivity contribution in [2.24, 2.45) is 4.99 Å². The first-order chi connectivity index (χ1) is 11.2. The Bertz CT molecular complexity index is 605. The van der Waals surface area contributed by atoms with Crippen molar-refractivity contribution < 1.29 is 0 Å². The molecule has 0 spiro atoms. The smallest absolute Gasteiger partial charge is 0.193 e. The molecule has 0 fully saturated rings. The van der Waals surface area contributed by atoms with Crippen LogP contribution in [0.2, 0.25) is 0 Å². The van der Waals surface area contributed by atoms with Crippen LogP contribution in [-0.2, 0) is 13.1 Å². The third-order valence-corrected chi connectivity index (χ3v) is 3.67. The molecular weight excluding hydrogens is 288 g/mol. The quantitative estimate of drug-likeness (QED) is 0.628. The van der Waals surface area contributed by atoms with E-state index in [1.54, 1.807) is 12.7 Å². The van der Waals surface area contributed by atoms with E-state index in [1.165, 1.54) is 24.0 Å². The number of guanidine groups is 1. The van der Waals surface area contributed by atoms with Gasteiger partial charge in [0, 0.05) is 27.2 Å². The van der Waals surface area contributed by atoms with Crippen LogP contribution in [0.4, 0.5) is 0 Å². The molecule has 6 heteroatoms. The average Bonchev–Trinajstić information content (AvgIpc) is 3.06. The maximum Gasteiger partial charge on any atom is 0.193 e. The molecule has 1 aromatic heterocycles. The normalized spacial score (nSPS) is 11.5. The zero-order valence-corrected chi connectivity index (χ0v) is 14.2. The summed E-state index contributed by atoms with van der Waals surface area (Å²) in [5.74, 6) is 0.931. The van der Waals surface area contributed by atoms with Crippen molar-refractivity contribution in [1.82, 2.24) is 25.0 Å². The van der Waals surface area contributed by atoms with Gasteiger partial charge in [0.15, 0.2) is 5.96 Å². The van der Waals surface area contributed by atoms with Gasteiger partial charge < -0.3 is 10.2 Å². The van der Waals surface area contributed by atoms with E-state index in [0.29, 0.717) is 0 Å². The van der Waals surface area contributed by atoms with Gasteiger partial charge >= 0.3 is 0 Å². The van der Waals surface area contributed by atoms with E-state index in [-0.39, 0.29) is 0 Å². The van der Waals surface area contributed by atoms with E-state index in [1.807, 2.05) is 11.7 Å². The summed E-state index contributed by atoms with van der Waals surface area (Å²) in [6, 6.07) is 8.49. The van der Waals surface area contributed by atoms with Crippen molar-refractivity contribution in [3.63, 3.8) is 0 Å². The fourth-order valence-electron chi connectivity index (χ4n) is 2.41. The SMILES string of the molecule is CCCCN(C)C(=NC)NCc1cccc(Cn2cncn2)c1. The fourth-order valence-corrected chi connectivity index (χ4v) is 2.41. The molecule has 0 amide bonds. The highest BCUT2D eigenvalue weighted by molar-refractivity contribution is 5.79. The van der Waals surface area contributed by atoms with Gasteiger partial charge in [0.25, 0.3) is 0 Å². The molecule has 0 bridgehead atoms. The van der Waals surface area contributed by atoms with Gasteiger partial charge in [-0.25, -0.2) is 9.67 Å². The predicted octanol–water partition coefficient (Wildman–Crippen LogP) is 2.13. The van der Waals surface area contributed by atoms with E-state index in [9.17, 15) is 0 Å². The molecule has 0 aliphatic rings. The average molecular weight is 314 g/mol. The molecule has 2 rings (SSSR count). The van der Waals surface area contributed by atoms with E-state index in [0.717, 1.165) is 25.6 Å². The predicted molar refractivity (Wildman–Crippen MR) is 93.3 cm³/mol. The van der Waals surface area contributed by atoms with Crippen LogP contribution >= 0.6 is 0 Å². The van der Waals surface area contributed by atoms with Crippen LogP contribution in [0.5, 0.6) is 0 Å². The Kier molecular flexibility index (Phi) is 6.59. The summed E-state index contributed by atoms with van der Waals surface area (Å²) in [7, 11) is 3.90. The first-order valence-corrected chi connectivity index (χ1v) is 8.05. The summed E-state index contributed by atoms with van der Waals surface area (Å²) in [5.41, 5.74) is 2.44. The summed E-state index contributed by atoms with van der Waals surface area (Å²) in [5, 5.41) is 7.57. The lowest BCUT2D eigenvalue weighted by molar-refractivity contribution is 0.464. The van der Waals surface area contributed by atoms with Crippen molar-refractivity contribution in [2.45, 2.75) is 32.9 Å². The monoisotopic (exact) mass is 314 g/mol. The highest BCUT2D eigenvalue weighted by Crippen LogP contribution is 2.07. The van der Waals surface area contributed by atoms with Crippen molar-refractivity contribution >= 4 is 5.96 Å².